The highest BCUT2D eigenvalue weighted by Gasteiger charge is 2.17. The number of nitrogens with zero attached hydrogens (tertiary/aromatic N) is 5. The molecule has 0 radical (unpaired) electrons. The molecular weight excluding hydrogens is 340 g/mol. The molecule has 1 amide bonds. The first-order valence-corrected chi connectivity index (χ1v) is 9.27. The molecule has 2 aromatic heterocycles. The van der Waals surface area contributed by atoms with Crippen molar-refractivity contribution in [3.63, 3.8) is 0 Å². The fraction of sp³-hybridized carbons (Fsp3) is 0.400. The number of benzene rings is 1. The van der Waals surface area contributed by atoms with E-state index in [4.69, 9.17) is 5.73 Å². The Bertz CT molecular complexity index is 905. The molecule has 0 bridgehead atoms. The maximum Gasteiger partial charge on any atom is 0.252 e. The third-order valence-electron chi connectivity index (χ3n) is 4.78. The van der Waals surface area contributed by atoms with Crippen LogP contribution in [0.15, 0.2) is 36.7 Å². The Morgan fingerprint density at radius 2 is 2.00 bits per heavy atom. The van der Waals surface area contributed by atoms with Gasteiger partial charge >= 0.3 is 0 Å². The highest BCUT2D eigenvalue weighted by molar-refractivity contribution is 5.76. The third kappa shape index (κ3) is 4.49. The second kappa shape index (κ2) is 8.73. The van der Waals surface area contributed by atoms with Crippen LogP contribution >= 0.6 is 0 Å². The van der Waals surface area contributed by atoms with Gasteiger partial charge in [0.15, 0.2) is 0 Å². The van der Waals surface area contributed by atoms with Crippen molar-refractivity contribution in [1.82, 2.24) is 24.5 Å². The number of rotatable bonds is 8. The van der Waals surface area contributed by atoms with E-state index in [1.165, 1.54) is 6.33 Å². The first kappa shape index (κ1) is 19.0. The number of carbonyl (C=O) groups is 1. The summed E-state index contributed by atoms with van der Waals surface area (Å²) >= 11 is 0. The molecule has 0 saturated carbocycles. The maximum absolute atomic E-state index is 12.9. The van der Waals surface area contributed by atoms with Crippen LogP contribution in [0.25, 0.3) is 5.78 Å². The molecule has 3 aromatic rings. The fourth-order valence-corrected chi connectivity index (χ4v) is 3.29. The number of aromatic nitrogens is 4. The zero-order chi connectivity index (χ0) is 19.2. The van der Waals surface area contributed by atoms with E-state index in [-0.39, 0.29) is 5.91 Å². The summed E-state index contributed by atoms with van der Waals surface area (Å²) < 4.78 is 1.73. The Balaban J connectivity index is 1.72. The molecule has 0 aliphatic rings. The van der Waals surface area contributed by atoms with Crippen molar-refractivity contribution in [1.29, 1.82) is 0 Å². The van der Waals surface area contributed by atoms with E-state index >= 15 is 0 Å². The van der Waals surface area contributed by atoms with Gasteiger partial charge in [0.1, 0.15) is 6.33 Å². The summed E-state index contributed by atoms with van der Waals surface area (Å²) in [5.41, 5.74) is 9.72. The Morgan fingerprint density at radius 1 is 1.22 bits per heavy atom. The molecule has 142 valence electrons. The van der Waals surface area contributed by atoms with Crippen LogP contribution in [0.2, 0.25) is 0 Å². The number of hydrogen-bond acceptors (Lipinski definition) is 5. The smallest absolute Gasteiger partial charge is 0.252 e. The molecule has 0 spiro atoms. The topological polar surface area (TPSA) is 89.4 Å². The van der Waals surface area contributed by atoms with Gasteiger partial charge < -0.3 is 10.6 Å². The first-order chi connectivity index (χ1) is 13.1. The van der Waals surface area contributed by atoms with Crippen molar-refractivity contribution in [2.45, 2.75) is 39.7 Å². The quantitative estimate of drug-likeness (QED) is 0.659. The van der Waals surface area contributed by atoms with Crippen LogP contribution < -0.4 is 5.73 Å². The molecule has 3 rings (SSSR count). The predicted octanol–water partition coefficient (Wildman–Crippen LogP) is 2.05. The van der Waals surface area contributed by atoms with Gasteiger partial charge in [-0.15, -0.1) is 0 Å². The second-order valence-corrected chi connectivity index (χ2v) is 6.68. The van der Waals surface area contributed by atoms with Crippen LogP contribution in [-0.4, -0.2) is 43.5 Å². The van der Waals surface area contributed by atoms with E-state index in [1.54, 1.807) is 4.52 Å². The standard InChI is InChI=1S/C20H26N6O/c1-15-18(16(2)26-20(24-15)22-14-23-26)9-10-19(27)25(12-6-11-21)13-17-7-4-3-5-8-17/h3-5,7-8,14H,6,9-13,21H2,1-2H3. The van der Waals surface area contributed by atoms with E-state index in [0.717, 1.165) is 28.9 Å². The summed E-state index contributed by atoms with van der Waals surface area (Å²) in [5, 5.41) is 4.21. The Morgan fingerprint density at radius 3 is 2.74 bits per heavy atom. The average molecular weight is 366 g/mol. The normalized spacial score (nSPS) is 11.1. The maximum atomic E-state index is 12.9. The summed E-state index contributed by atoms with van der Waals surface area (Å²) in [7, 11) is 0. The minimum absolute atomic E-state index is 0.129. The van der Waals surface area contributed by atoms with Crippen molar-refractivity contribution in [2.24, 2.45) is 5.73 Å². The minimum atomic E-state index is 0.129. The molecular formula is C20H26N6O. The number of hydrogen-bond donors (Lipinski definition) is 1. The lowest BCUT2D eigenvalue weighted by Gasteiger charge is -2.23. The molecule has 27 heavy (non-hydrogen) atoms. The molecule has 0 aliphatic heterocycles. The third-order valence-corrected chi connectivity index (χ3v) is 4.78. The van der Waals surface area contributed by atoms with Gasteiger partial charge in [-0.2, -0.15) is 10.1 Å². The minimum Gasteiger partial charge on any atom is -0.338 e. The number of fused-ring (bicyclic) bond motifs is 1. The lowest BCUT2D eigenvalue weighted by atomic mass is 10.1. The Kier molecular flexibility index (Phi) is 6.13. The molecule has 2 heterocycles. The molecule has 0 atom stereocenters. The molecule has 0 fully saturated rings. The number of nitrogens with two attached hydrogens (primary N) is 1. The van der Waals surface area contributed by atoms with Crippen molar-refractivity contribution >= 4 is 11.7 Å². The molecule has 7 heteroatoms. The first-order valence-electron chi connectivity index (χ1n) is 9.27. The monoisotopic (exact) mass is 366 g/mol. The van der Waals surface area contributed by atoms with Crippen LogP contribution in [0.1, 0.15) is 35.4 Å². The van der Waals surface area contributed by atoms with E-state index in [0.29, 0.717) is 38.3 Å². The summed E-state index contributed by atoms with van der Waals surface area (Å²) in [4.78, 5) is 23.4. The lowest BCUT2D eigenvalue weighted by molar-refractivity contribution is -0.131. The Hall–Kier alpha value is -2.80. The lowest BCUT2D eigenvalue weighted by Crippen LogP contribution is -2.32. The van der Waals surface area contributed by atoms with Gasteiger partial charge in [0, 0.05) is 30.9 Å². The largest absolute Gasteiger partial charge is 0.338 e. The molecule has 1 aromatic carbocycles. The number of carbonyl (C=O) groups excluding carboxylic acids is 1. The van der Waals surface area contributed by atoms with Crippen LogP contribution in [0.3, 0.4) is 0 Å². The van der Waals surface area contributed by atoms with Crippen LogP contribution in [0, 0.1) is 13.8 Å². The van der Waals surface area contributed by atoms with Crippen molar-refractivity contribution in [3.8, 4) is 0 Å². The van der Waals surface area contributed by atoms with Gasteiger partial charge in [0.05, 0.1) is 0 Å². The predicted molar refractivity (Wildman–Crippen MR) is 104 cm³/mol. The molecule has 0 aliphatic carbocycles. The van der Waals surface area contributed by atoms with Gasteiger partial charge in [-0.3, -0.25) is 4.79 Å². The number of aryl methyl sites for hydroxylation is 2. The molecule has 0 saturated heterocycles. The fourth-order valence-electron chi connectivity index (χ4n) is 3.29. The van der Waals surface area contributed by atoms with Gasteiger partial charge in [-0.25, -0.2) is 9.50 Å². The zero-order valence-corrected chi connectivity index (χ0v) is 15.9. The Labute approximate surface area is 159 Å². The van der Waals surface area contributed by atoms with Crippen molar-refractivity contribution < 1.29 is 4.79 Å². The molecule has 2 N–H and O–H groups in total. The average Bonchev–Trinajstić information content (AvgIpc) is 3.14. The zero-order valence-electron chi connectivity index (χ0n) is 15.9. The highest BCUT2D eigenvalue weighted by atomic mass is 16.2. The van der Waals surface area contributed by atoms with Crippen molar-refractivity contribution in [3.05, 3.63) is 59.2 Å². The second-order valence-electron chi connectivity index (χ2n) is 6.68. The van der Waals surface area contributed by atoms with Crippen molar-refractivity contribution in [2.75, 3.05) is 13.1 Å². The van der Waals surface area contributed by atoms with Gasteiger partial charge in [-0.05, 0) is 44.4 Å². The van der Waals surface area contributed by atoms with Gasteiger partial charge in [0.2, 0.25) is 5.91 Å². The van der Waals surface area contributed by atoms with Crippen LogP contribution in [-0.2, 0) is 17.8 Å². The van der Waals surface area contributed by atoms with E-state index < -0.39 is 0 Å². The van der Waals surface area contributed by atoms with Crippen LogP contribution in [0.4, 0.5) is 0 Å². The molecule has 0 unspecified atom stereocenters. The van der Waals surface area contributed by atoms with E-state index in [1.807, 2.05) is 49.1 Å². The molecule has 7 nitrogen and oxygen atoms in total. The SMILES string of the molecule is Cc1nc2ncnn2c(C)c1CCC(=O)N(CCCN)Cc1ccccc1. The number of amides is 1. The summed E-state index contributed by atoms with van der Waals surface area (Å²) in [5.74, 6) is 0.721. The van der Waals surface area contributed by atoms with Crippen LogP contribution in [0.5, 0.6) is 0 Å². The van der Waals surface area contributed by atoms with E-state index in [2.05, 4.69) is 15.1 Å². The van der Waals surface area contributed by atoms with Gasteiger partial charge in [-0.1, -0.05) is 30.3 Å². The summed E-state index contributed by atoms with van der Waals surface area (Å²) in [6, 6.07) is 10.0. The van der Waals surface area contributed by atoms with Gasteiger partial charge in [0.25, 0.3) is 5.78 Å². The highest BCUT2D eigenvalue weighted by Crippen LogP contribution is 2.16. The summed E-state index contributed by atoms with van der Waals surface area (Å²) in [6.07, 6.45) is 3.36. The summed E-state index contributed by atoms with van der Waals surface area (Å²) in [6.45, 7) is 5.80. The van der Waals surface area contributed by atoms with E-state index in [9.17, 15) is 4.79 Å².